The molecule has 0 spiro atoms. The number of hydrogen-bond donors (Lipinski definition) is 1. The van der Waals surface area contributed by atoms with Crippen LogP contribution in [0.3, 0.4) is 0 Å². The summed E-state index contributed by atoms with van der Waals surface area (Å²) in [6, 6.07) is 10.2. The Bertz CT molecular complexity index is 915. The standard InChI is InChI=1S/C15H14N2O4S2/c1-10-3-4-12(20-2)11(9-10)17-23(18,19)15-6-5-14(22-15)13-7-8-16-21-13/h3-9,17H,1-2H3. The van der Waals surface area contributed by atoms with Gasteiger partial charge in [-0.3, -0.25) is 4.72 Å². The van der Waals surface area contributed by atoms with Gasteiger partial charge in [0.2, 0.25) is 0 Å². The summed E-state index contributed by atoms with van der Waals surface area (Å²) >= 11 is 1.11. The number of aryl methyl sites for hydroxylation is 1. The first-order valence-corrected chi connectivity index (χ1v) is 8.98. The van der Waals surface area contributed by atoms with E-state index in [9.17, 15) is 8.42 Å². The number of ether oxygens (including phenoxy) is 1. The fraction of sp³-hybridized carbons (Fsp3) is 0.133. The monoisotopic (exact) mass is 350 g/mol. The number of sulfonamides is 1. The topological polar surface area (TPSA) is 81.4 Å². The molecular weight excluding hydrogens is 336 g/mol. The lowest BCUT2D eigenvalue weighted by Gasteiger charge is -2.11. The van der Waals surface area contributed by atoms with Crippen molar-refractivity contribution in [2.24, 2.45) is 0 Å². The zero-order valence-electron chi connectivity index (χ0n) is 12.4. The van der Waals surface area contributed by atoms with E-state index in [2.05, 4.69) is 9.88 Å². The SMILES string of the molecule is COc1ccc(C)cc1NS(=O)(=O)c1ccc(-c2ccno2)s1. The zero-order chi connectivity index (χ0) is 16.4. The predicted octanol–water partition coefficient (Wildman–Crippen LogP) is 3.52. The van der Waals surface area contributed by atoms with Crippen LogP contribution >= 0.6 is 11.3 Å². The molecule has 2 heterocycles. The fourth-order valence-corrected chi connectivity index (χ4v) is 4.36. The number of benzene rings is 1. The van der Waals surface area contributed by atoms with Crippen LogP contribution in [-0.4, -0.2) is 20.7 Å². The normalized spacial score (nSPS) is 11.4. The number of rotatable bonds is 5. The molecule has 3 aromatic rings. The van der Waals surface area contributed by atoms with E-state index in [1.807, 2.05) is 13.0 Å². The molecule has 0 radical (unpaired) electrons. The van der Waals surface area contributed by atoms with Crippen molar-refractivity contribution in [2.45, 2.75) is 11.1 Å². The van der Waals surface area contributed by atoms with E-state index >= 15 is 0 Å². The summed E-state index contributed by atoms with van der Waals surface area (Å²) in [4.78, 5) is 0.694. The molecule has 3 rings (SSSR count). The van der Waals surface area contributed by atoms with Gasteiger partial charge in [0.25, 0.3) is 10.0 Å². The number of nitrogens with zero attached hydrogens (tertiary/aromatic N) is 1. The van der Waals surface area contributed by atoms with Crippen LogP contribution in [0.4, 0.5) is 5.69 Å². The van der Waals surface area contributed by atoms with Crippen LogP contribution in [0.15, 0.2) is 51.3 Å². The highest BCUT2D eigenvalue weighted by molar-refractivity contribution is 7.94. The molecule has 0 bridgehead atoms. The Kier molecular flexibility index (Phi) is 4.10. The summed E-state index contributed by atoms with van der Waals surface area (Å²) in [5.41, 5.74) is 1.33. The Morgan fingerprint density at radius 3 is 2.74 bits per heavy atom. The molecule has 0 fully saturated rings. The van der Waals surface area contributed by atoms with Gasteiger partial charge in [0.1, 0.15) is 9.96 Å². The van der Waals surface area contributed by atoms with Crippen molar-refractivity contribution in [2.75, 3.05) is 11.8 Å². The maximum atomic E-state index is 12.6. The maximum Gasteiger partial charge on any atom is 0.271 e. The van der Waals surface area contributed by atoms with Gasteiger partial charge in [0.05, 0.1) is 23.9 Å². The van der Waals surface area contributed by atoms with Crippen molar-refractivity contribution in [1.29, 1.82) is 0 Å². The first-order chi connectivity index (χ1) is 11.0. The Balaban J connectivity index is 1.92. The Hall–Kier alpha value is -2.32. The van der Waals surface area contributed by atoms with Gasteiger partial charge in [-0.2, -0.15) is 0 Å². The number of nitrogens with one attached hydrogen (secondary N) is 1. The maximum absolute atomic E-state index is 12.6. The van der Waals surface area contributed by atoms with Crippen LogP contribution in [0, 0.1) is 6.92 Å². The van der Waals surface area contributed by atoms with E-state index in [0.29, 0.717) is 22.1 Å². The van der Waals surface area contributed by atoms with Crippen LogP contribution in [0.1, 0.15) is 5.56 Å². The zero-order valence-corrected chi connectivity index (χ0v) is 14.1. The molecule has 0 amide bonds. The molecule has 0 unspecified atom stereocenters. The van der Waals surface area contributed by atoms with Crippen LogP contribution in [0.5, 0.6) is 5.75 Å². The minimum atomic E-state index is -3.71. The summed E-state index contributed by atoms with van der Waals surface area (Å²) in [5.74, 6) is 0.996. The molecular formula is C15H14N2O4S2. The Morgan fingerprint density at radius 1 is 1.22 bits per heavy atom. The molecule has 2 aromatic heterocycles. The molecule has 8 heteroatoms. The third-order valence-electron chi connectivity index (χ3n) is 3.13. The minimum absolute atomic E-state index is 0.187. The largest absolute Gasteiger partial charge is 0.495 e. The Labute approximate surface area is 137 Å². The van der Waals surface area contributed by atoms with Crippen LogP contribution < -0.4 is 9.46 Å². The van der Waals surface area contributed by atoms with Crippen molar-refractivity contribution < 1.29 is 17.7 Å². The van der Waals surface area contributed by atoms with Gasteiger partial charge < -0.3 is 9.26 Å². The first-order valence-electron chi connectivity index (χ1n) is 6.68. The molecule has 0 saturated heterocycles. The molecule has 23 heavy (non-hydrogen) atoms. The number of anilines is 1. The second-order valence-corrected chi connectivity index (χ2v) is 7.80. The molecule has 0 aliphatic heterocycles. The second kappa shape index (κ2) is 6.05. The fourth-order valence-electron chi connectivity index (χ4n) is 2.04. The summed E-state index contributed by atoms with van der Waals surface area (Å²) in [6.07, 6.45) is 1.51. The number of hydrogen-bond acceptors (Lipinski definition) is 6. The molecule has 1 aromatic carbocycles. The van der Waals surface area contributed by atoms with Crippen molar-refractivity contribution in [3.8, 4) is 16.4 Å². The van der Waals surface area contributed by atoms with Crippen LogP contribution in [0.2, 0.25) is 0 Å². The highest BCUT2D eigenvalue weighted by Crippen LogP contribution is 2.33. The summed E-state index contributed by atoms with van der Waals surface area (Å²) in [5, 5.41) is 3.62. The summed E-state index contributed by atoms with van der Waals surface area (Å²) in [6.45, 7) is 1.88. The lowest BCUT2D eigenvalue weighted by molar-refractivity contribution is 0.417. The van der Waals surface area contributed by atoms with Crippen molar-refractivity contribution in [3.05, 3.63) is 48.2 Å². The number of aromatic nitrogens is 1. The lowest BCUT2D eigenvalue weighted by atomic mass is 10.2. The van der Waals surface area contributed by atoms with Gasteiger partial charge in [-0.1, -0.05) is 11.2 Å². The second-order valence-electron chi connectivity index (χ2n) is 4.80. The average molecular weight is 350 g/mol. The molecule has 0 atom stereocenters. The van der Waals surface area contributed by atoms with E-state index < -0.39 is 10.0 Å². The van der Waals surface area contributed by atoms with E-state index in [-0.39, 0.29) is 4.21 Å². The van der Waals surface area contributed by atoms with E-state index in [0.717, 1.165) is 16.9 Å². The summed E-state index contributed by atoms with van der Waals surface area (Å²) in [7, 11) is -2.21. The smallest absolute Gasteiger partial charge is 0.271 e. The van der Waals surface area contributed by atoms with E-state index in [4.69, 9.17) is 9.26 Å². The van der Waals surface area contributed by atoms with Gasteiger partial charge in [-0.25, -0.2) is 8.42 Å². The highest BCUT2D eigenvalue weighted by atomic mass is 32.2. The van der Waals surface area contributed by atoms with Gasteiger partial charge in [-0.05, 0) is 36.8 Å². The molecule has 6 nitrogen and oxygen atoms in total. The predicted molar refractivity (Wildman–Crippen MR) is 88.4 cm³/mol. The third kappa shape index (κ3) is 3.22. The van der Waals surface area contributed by atoms with Crippen molar-refractivity contribution in [3.63, 3.8) is 0 Å². The molecule has 1 N–H and O–H groups in total. The molecule has 0 aliphatic rings. The minimum Gasteiger partial charge on any atom is -0.495 e. The molecule has 0 saturated carbocycles. The van der Waals surface area contributed by atoms with E-state index in [1.54, 1.807) is 24.3 Å². The quantitative estimate of drug-likeness (QED) is 0.761. The van der Waals surface area contributed by atoms with Gasteiger partial charge in [0.15, 0.2) is 5.76 Å². The summed E-state index contributed by atoms with van der Waals surface area (Å²) < 4.78 is 38.1. The van der Waals surface area contributed by atoms with Crippen LogP contribution in [-0.2, 0) is 10.0 Å². The first kappa shape index (κ1) is 15.6. The lowest BCUT2D eigenvalue weighted by Crippen LogP contribution is -2.12. The Morgan fingerprint density at radius 2 is 2.04 bits per heavy atom. The molecule has 0 aliphatic carbocycles. The van der Waals surface area contributed by atoms with Gasteiger partial charge >= 0.3 is 0 Å². The van der Waals surface area contributed by atoms with Gasteiger partial charge in [0, 0.05) is 6.07 Å². The number of thiophene rings is 1. The molecule has 120 valence electrons. The van der Waals surface area contributed by atoms with E-state index in [1.165, 1.54) is 19.4 Å². The third-order valence-corrected chi connectivity index (χ3v) is 6.08. The van der Waals surface area contributed by atoms with Crippen molar-refractivity contribution in [1.82, 2.24) is 5.16 Å². The average Bonchev–Trinajstić information content (AvgIpc) is 3.18. The van der Waals surface area contributed by atoms with Gasteiger partial charge in [-0.15, -0.1) is 11.3 Å². The van der Waals surface area contributed by atoms with Crippen LogP contribution in [0.25, 0.3) is 10.6 Å². The number of methoxy groups -OCH3 is 1. The van der Waals surface area contributed by atoms with Crippen molar-refractivity contribution >= 4 is 27.0 Å². The highest BCUT2D eigenvalue weighted by Gasteiger charge is 2.20.